The van der Waals surface area contributed by atoms with Crippen LogP contribution in [0.3, 0.4) is 0 Å². The molecule has 6 rings (SSSR count). The minimum absolute atomic E-state index is 0.000281. The van der Waals surface area contributed by atoms with Gasteiger partial charge in [0.1, 0.15) is 0 Å². The second-order valence-corrected chi connectivity index (χ2v) is 13.9. The van der Waals surface area contributed by atoms with Crippen LogP contribution in [-0.2, 0) is 38.8 Å². The van der Waals surface area contributed by atoms with Gasteiger partial charge in [0, 0.05) is 44.5 Å². The van der Waals surface area contributed by atoms with E-state index in [0.29, 0.717) is 50.0 Å². The Morgan fingerprint density at radius 1 is 0.759 bits per heavy atom. The van der Waals surface area contributed by atoms with Crippen LogP contribution in [0.5, 0.6) is 0 Å². The first-order chi connectivity index (χ1) is 26.3. The van der Waals surface area contributed by atoms with Crippen LogP contribution >= 0.6 is 0 Å². The van der Waals surface area contributed by atoms with E-state index in [-0.39, 0.29) is 30.6 Å². The molecule has 280 valence electrons. The minimum atomic E-state index is -0.553. The first-order valence-corrected chi connectivity index (χ1v) is 18.7. The number of aliphatic hydroxyl groups is 1. The number of rotatable bonds is 16. The number of carbonyl (C=O) groups excluding carboxylic acids is 2. The minimum Gasteiger partial charge on any atom is -0.397 e. The molecular weight excluding hydrogens is 677 g/mol. The molecule has 1 fully saturated rings. The Bertz CT molecular complexity index is 1950. The highest BCUT2D eigenvalue weighted by Gasteiger charge is 2.33. The van der Waals surface area contributed by atoms with Crippen LogP contribution in [-0.4, -0.2) is 41.5 Å². The van der Waals surface area contributed by atoms with Crippen molar-refractivity contribution in [2.24, 2.45) is 0 Å². The van der Waals surface area contributed by atoms with Crippen LogP contribution in [0.2, 0.25) is 0 Å². The molecule has 2 amide bonds. The van der Waals surface area contributed by atoms with Crippen LogP contribution < -0.4 is 16.4 Å². The average molecular weight is 727 g/mol. The number of unbranched alkanes of at least 4 members (excludes halogenated alkanes) is 1. The van der Waals surface area contributed by atoms with Gasteiger partial charge in [0.25, 0.3) is 0 Å². The number of aliphatic hydroxyl groups excluding tert-OH is 1. The molecule has 9 nitrogen and oxygen atoms in total. The van der Waals surface area contributed by atoms with Crippen molar-refractivity contribution < 1.29 is 24.2 Å². The Morgan fingerprint density at radius 2 is 1.43 bits per heavy atom. The molecule has 0 saturated carbocycles. The lowest BCUT2D eigenvalue weighted by molar-refractivity contribution is -0.252. The lowest BCUT2D eigenvalue weighted by Crippen LogP contribution is -2.37. The molecule has 0 aliphatic carbocycles. The first-order valence-electron chi connectivity index (χ1n) is 18.7. The van der Waals surface area contributed by atoms with E-state index in [1.54, 1.807) is 12.1 Å². The van der Waals surface area contributed by atoms with E-state index in [0.717, 1.165) is 46.5 Å². The van der Waals surface area contributed by atoms with Crippen LogP contribution in [0.4, 0.5) is 11.4 Å². The van der Waals surface area contributed by atoms with Crippen LogP contribution in [0.25, 0.3) is 11.1 Å². The number of para-hydroxylation sites is 2. The summed E-state index contributed by atoms with van der Waals surface area (Å²) in [5.74, 6) is -0.168. The predicted molar refractivity (Wildman–Crippen MR) is 213 cm³/mol. The van der Waals surface area contributed by atoms with Gasteiger partial charge in [-0.25, -0.2) is 0 Å². The average Bonchev–Trinajstić information content (AvgIpc) is 3.20. The Balaban J connectivity index is 1.05. The molecule has 1 heterocycles. The monoisotopic (exact) mass is 726 g/mol. The summed E-state index contributed by atoms with van der Waals surface area (Å²) in [6, 6.07) is 41.9. The zero-order valence-electron chi connectivity index (χ0n) is 30.8. The van der Waals surface area contributed by atoms with Crippen molar-refractivity contribution in [3.05, 3.63) is 155 Å². The summed E-state index contributed by atoms with van der Waals surface area (Å²) in [4.78, 5) is 27.3. The summed E-state index contributed by atoms with van der Waals surface area (Å²) in [5, 5.41) is 15.5. The number of nitrogens with two attached hydrogens (primary N) is 1. The van der Waals surface area contributed by atoms with Gasteiger partial charge in [0.15, 0.2) is 6.29 Å². The van der Waals surface area contributed by atoms with Gasteiger partial charge < -0.3 is 30.9 Å². The second-order valence-electron chi connectivity index (χ2n) is 13.9. The number of likely N-dealkylation sites (N-methyl/N-ethyl adjacent to an activating group) is 1. The fourth-order valence-corrected chi connectivity index (χ4v) is 6.79. The van der Waals surface area contributed by atoms with Crippen LogP contribution in [0.15, 0.2) is 127 Å². The maximum Gasteiger partial charge on any atom is 0.224 e. The fourth-order valence-electron chi connectivity index (χ4n) is 6.79. The second kappa shape index (κ2) is 19.1. The molecule has 9 heteroatoms. The van der Waals surface area contributed by atoms with E-state index in [9.17, 15) is 14.7 Å². The van der Waals surface area contributed by atoms with Crippen LogP contribution in [0.1, 0.15) is 72.3 Å². The normalized spacial score (nSPS) is 16.9. The van der Waals surface area contributed by atoms with E-state index in [1.807, 2.05) is 60.7 Å². The number of amides is 2. The zero-order chi connectivity index (χ0) is 37.7. The molecule has 5 N–H and O–H groups in total. The lowest BCUT2D eigenvalue weighted by atomic mass is 9.97. The molecule has 1 aliphatic heterocycles. The van der Waals surface area contributed by atoms with Crippen molar-refractivity contribution in [3.8, 4) is 11.1 Å². The summed E-state index contributed by atoms with van der Waals surface area (Å²) >= 11 is 0. The van der Waals surface area contributed by atoms with E-state index < -0.39 is 6.29 Å². The van der Waals surface area contributed by atoms with Gasteiger partial charge in [-0.1, -0.05) is 115 Å². The van der Waals surface area contributed by atoms with Crippen molar-refractivity contribution in [1.29, 1.82) is 0 Å². The highest BCUT2D eigenvalue weighted by atomic mass is 16.7. The number of ether oxygens (including phenoxy) is 2. The van der Waals surface area contributed by atoms with Gasteiger partial charge in [-0.05, 0) is 65.4 Å². The molecule has 0 bridgehead atoms. The molecular formula is C45H50N4O5. The van der Waals surface area contributed by atoms with E-state index in [4.69, 9.17) is 15.2 Å². The number of hydrogen-bond donors (Lipinski definition) is 4. The quantitative estimate of drug-likeness (QED) is 0.0601. The number of nitrogens with one attached hydrogen (secondary N) is 2. The van der Waals surface area contributed by atoms with Gasteiger partial charge >= 0.3 is 0 Å². The first kappa shape index (κ1) is 38.4. The van der Waals surface area contributed by atoms with E-state index >= 15 is 0 Å². The smallest absolute Gasteiger partial charge is 0.224 e. The molecule has 3 atom stereocenters. The van der Waals surface area contributed by atoms with Crippen molar-refractivity contribution >= 4 is 23.2 Å². The molecule has 5 aromatic carbocycles. The topological polar surface area (TPSA) is 126 Å². The number of hydrogen-bond acceptors (Lipinski definition) is 7. The van der Waals surface area contributed by atoms with Crippen molar-refractivity contribution in [1.82, 2.24) is 10.2 Å². The number of benzene rings is 5. The van der Waals surface area contributed by atoms with Gasteiger partial charge in [-0.15, -0.1) is 0 Å². The number of nitrogens with zero attached hydrogens (tertiary/aromatic N) is 1. The molecule has 0 spiro atoms. The van der Waals surface area contributed by atoms with Crippen molar-refractivity contribution in [2.75, 3.05) is 24.6 Å². The fraction of sp³-hybridized carbons (Fsp3) is 0.289. The SMILES string of the molecule is CN(Cc1ccccc1)C[C@@H]1C[C@H](c2ccc(CO)cc2)O[C@H](c2ccc(-c3ccccc3CNC(=O)CCCCC(=O)Nc3ccccc3N)cc2)O1. The van der Waals surface area contributed by atoms with Gasteiger partial charge in [-0.2, -0.15) is 0 Å². The number of carbonyl (C=O) groups is 2. The molecule has 0 aromatic heterocycles. The standard InChI is InChI=1S/C45H50N4O5/c1-49(29-32-11-3-2-4-12-32)30-38-27-42(35-21-19-33(31-50)20-22-35)54-45(53-38)36-25-23-34(24-26-36)39-14-6-5-13-37(39)28-47-43(51)17-9-10-18-44(52)48-41-16-8-7-15-40(41)46/h2-8,11-16,19-26,38,42,45,50H,9-10,17-18,27-31,46H2,1H3,(H,47,51)(H,48,52)/t38-,42+,45+/m0/s1. The molecule has 5 aromatic rings. The third kappa shape index (κ3) is 10.9. The Morgan fingerprint density at radius 3 is 2.17 bits per heavy atom. The van der Waals surface area contributed by atoms with Gasteiger partial charge in [0.2, 0.25) is 11.8 Å². The van der Waals surface area contributed by atoms with E-state index in [1.165, 1.54) is 5.56 Å². The summed E-state index contributed by atoms with van der Waals surface area (Å²) in [6.07, 6.45) is 1.81. The molecule has 0 unspecified atom stereocenters. The van der Waals surface area contributed by atoms with Crippen molar-refractivity contribution in [3.63, 3.8) is 0 Å². The summed E-state index contributed by atoms with van der Waals surface area (Å²) in [5.41, 5.74) is 14.2. The largest absolute Gasteiger partial charge is 0.397 e. The summed E-state index contributed by atoms with van der Waals surface area (Å²) < 4.78 is 13.2. The van der Waals surface area contributed by atoms with Crippen molar-refractivity contribution in [2.45, 2.75) is 70.3 Å². The molecule has 1 aliphatic rings. The maximum atomic E-state index is 12.7. The highest BCUT2D eigenvalue weighted by Crippen LogP contribution is 2.39. The van der Waals surface area contributed by atoms with Gasteiger partial charge in [-0.3, -0.25) is 14.5 Å². The molecule has 54 heavy (non-hydrogen) atoms. The number of anilines is 2. The highest BCUT2D eigenvalue weighted by molar-refractivity contribution is 5.93. The molecule has 1 saturated heterocycles. The Hall–Kier alpha value is -5.32. The third-order valence-corrected chi connectivity index (χ3v) is 9.71. The molecule has 0 radical (unpaired) electrons. The predicted octanol–water partition coefficient (Wildman–Crippen LogP) is 7.92. The third-order valence-electron chi connectivity index (χ3n) is 9.71. The van der Waals surface area contributed by atoms with E-state index in [2.05, 4.69) is 77.2 Å². The number of nitrogen functional groups attached to an aromatic ring is 1. The van der Waals surface area contributed by atoms with Gasteiger partial charge in [0.05, 0.1) is 30.2 Å². The summed E-state index contributed by atoms with van der Waals surface area (Å²) in [7, 11) is 2.12. The van der Waals surface area contributed by atoms with Crippen LogP contribution in [0, 0.1) is 0 Å². The Labute approximate surface area is 318 Å². The lowest BCUT2D eigenvalue weighted by Gasteiger charge is -2.38. The zero-order valence-corrected chi connectivity index (χ0v) is 30.8. The maximum absolute atomic E-state index is 12.7. The Kier molecular flexibility index (Phi) is 13.6. The summed E-state index contributed by atoms with van der Waals surface area (Å²) in [6.45, 7) is 1.96.